The van der Waals surface area contributed by atoms with Crippen LogP contribution < -0.4 is 4.90 Å². The minimum atomic E-state index is -0.769. The first-order valence-corrected chi connectivity index (χ1v) is 7.08. The van der Waals surface area contributed by atoms with Crippen LogP contribution in [-0.2, 0) is 4.79 Å². The number of fused-ring (bicyclic) bond motifs is 1. The number of aromatic nitrogens is 1. The molecule has 1 saturated heterocycles. The third kappa shape index (κ3) is 2.11. The molecule has 1 aromatic heterocycles. The lowest BCUT2D eigenvalue weighted by Gasteiger charge is -2.34. The fourth-order valence-corrected chi connectivity index (χ4v) is 3.69. The minimum absolute atomic E-state index is 0.291. The molecular formula is C15H17N3O2. The van der Waals surface area contributed by atoms with Gasteiger partial charge in [-0.05, 0) is 37.3 Å². The molecule has 104 valence electrons. The van der Waals surface area contributed by atoms with E-state index >= 15 is 0 Å². The minimum Gasteiger partial charge on any atom is -0.480 e. The third-order valence-electron chi connectivity index (χ3n) is 4.53. The molecule has 2 fully saturated rings. The monoisotopic (exact) mass is 271 g/mol. The molecule has 1 aliphatic heterocycles. The van der Waals surface area contributed by atoms with Gasteiger partial charge in [0.05, 0.1) is 0 Å². The summed E-state index contributed by atoms with van der Waals surface area (Å²) in [4.78, 5) is 17.5. The molecule has 0 spiro atoms. The molecule has 2 heterocycles. The lowest BCUT2D eigenvalue weighted by molar-refractivity contribution is -0.138. The van der Waals surface area contributed by atoms with Crippen molar-refractivity contribution in [2.75, 3.05) is 4.90 Å². The number of carboxylic acids is 1. The Kier molecular flexibility index (Phi) is 3.31. The molecule has 2 aliphatic rings. The van der Waals surface area contributed by atoms with E-state index < -0.39 is 12.0 Å². The largest absolute Gasteiger partial charge is 0.480 e. The van der Waals surface area contributed by atoms with Crippen molar-refractivity contribution >= 4 is 11.7 Å². The van der Waals surface area contributed by atoms with Crippen molar-refractivity contribution in [3.63, 3.8) is 0 Å². The average Bonchev–Trinajstić information content (AvgIpc) is 2.87. The predicted molar refractivity (Wildman–Crippen MR) is 73.2 cm³/mol. The number of nitrogens with zero attached hydrogens (tertiary/aromatic N) is 3. The molecule has 3 atom stereocenters. The van der Waals surface area contributed by atoms with Gasteiger partial charge in [-0.1, -0.05) is 12.8 Å². The number of carboxylic acid groups (broad SMARTS) is 1. The van der Waals surface area contributed by atoms with Crippen molar-refractivity contribution in [3.8, 4) is 6.07 Å². The van der Waals surface area contributed by atoms with Gasteiger partial charge in [-0.25, -0.2) is 9.78 Å². The first-order valence-electron chi connectivity index (χ1n) is 7.08. The number of hydrogen-bond donors (Lipinski definition) is 1. The SMILES string of the molecule is N#Cc1cc(N2C(C(=O)O)CC3CCCCC32)ccn1. The molecular weight excluding hydrogens is 254 g/mol. The zero-order valence-corrected chi connectivity index (χ0v) is 11.2. The Morgan fingerprint density at radius 1 is 1.45 bits per heavy atom. The molecule has 0 aromatic carbocycles. The summed E-state index contributed by atoms with van der Waals surface area (Å²) >= 11 is 0. The van der Waals surface area contributed by atoms with Crippen LogP contribution in [0.4, 0.5) is 5.69 Å². The molecule has 3 unspecified atom stereocenters. The van der Waals surface area contributed by atoms with Gasteiger partial charge < -0.3 is 10.0 Å². The Labute approximate surface area is 117 Å². The summed E-state index contributed by atoms with van der Waals surface area (Å²) in [5, 5.41) is 18.5. The highest BCUT2D eigenvalue weighted by atomic mass is 16.4. The summed E-state index contributed by atoms with van der Waals surface area (Å²) in [6, 6.07) is 5.35. The van der Waals surface area contributed by atoms with Crippen molar-refractivity contribution in [1.29, 1.82) is 5.26 Å². The Morgan fingerprint density at radius 3 is 3.00 bits per heavy atom. The van der Waals surface area contributed by atoms with E-state index in [2.05, 4.69) is 4.98 Å². The van der Waals surface area contributed by atoms with Gasteiger partial charge in [-0.15, -0.1) is 0 Å². The molecule has 5 nitrogen and oxygen atoms in total. The second-order valence-corrected chi connectivity index (χ2v) is 5.62. The second kappa shape index (κ2) is 5.12. The fourth-order valence-electron chi connectivity index (χ4n) is 3.69. The summed E-state index contributed by atoms with van der Waals surface area (Å²) in [5.74, 6) is -0.307. The Morgan fingerprint density at radius 2 is 2.25 bits per heavy atom. The van der Waals surface area contributed by atoms with Crippen molar-refractivity contribution < 1.29 is 9.90 Å². The van der Waals surface area contributed by atoms with Gasteiger partial charge in [0.25, 0.3) is 0 Å². The predicted octanol–water partition coefficient (Wildman–Crippen LogP) is 2.18. The number of hydrogen-bond acceptors (Lipinski definition) is 4. The van der Waals surface area contributed by atoms with Gasteiger partial charge in [0.2, 0.25) is 0 Å². The van der Waals surface area contributed by atoms with Crippen molar-refractivity contribution in [1.82, 2.24) is 4.98 Å². The Hall–Kier alpha value is -2.09. The highest BCUT2D eigenvalue weighted by molar-refractivity contribution is 5.79. The van der Waals surface area contributed by atoms with Crippen LogP contribution >= 0.6 is 0 Å². The van der Waals surface area contributed by atoms with Crippen LogP contribution in [0, 0.1) is 17.2 Å². The van der Waals surface area contributed by atoms with Crippen LogP contribution in [0.3, 0.4) is 0 Å². The average molecular weight is 271 g/mol. The first kappa shape index (κ1) is 12.9. The quantitative estimate of drug-likeness (QED) is 0.892. The van der Waals surface area contributed by atoms with Gasteiger partial charge >= 0.3 is 5.97 Å². The molecule has 1 aliphatic carbocycles. The zero-order valence-electron chi connectivity index (χ0n) is 11.2. The zero-order chi connectivity index (χ0) is 14.1. The summed E-state index contributed by atoms with van der Waals surface area (Å²) in [6.07, 6.45) is 6.80. The van der Waals surface area contributed by atoms with Crippen LogP contribution in [-0.4, -0.2) is 28.1 Å². The number of aliphatic carboxylic acids is 1. The molecule has 1 N–H and O–H groups in total. The van der Waals surface area contributed by atoms with Gasteiger partial charge in [0.1, 0.15) is 17.8 Å². The molecule has 1 saturated carbocycles. The van der Waals surface area contributed by atoms with E-state index in [-0.39, 0.29) is 0 Å². The van der Waals surface area contributed by atoms with E-state index in [4.69, 9.17) is 5.26 Å². The Bertz CT molecular complexity index is 566. The highest BCUT2D eigenvalue weighted by Crippen LogP contribution is 2.42. The summed E-state index contributed by atoms with van der Waals surface area (Å²) in [7, 11) is 0. The molecule has 0 radical (unpaired) electrons. The van der Waals surface area contributed by atoms with Gasteiger partial charge in [0.15, 0.2) is 0 Å². The standard InChI is InChI=1S/C15H17N3O2/c16-9-11-8-12(5-6-17-11)18-13-4-2-1-3-10(13)7-14(18)15(19)20/h5-6,8,10,13-14H,1-4,7H2,(H,19,20). The maximum Gasteiger partial charge on any atom is 0.326 e. The number of pyridine rings is 1. The van der Waals surface area contributed by atoms with Crippen LogP contribution in [0.15, 0.2) is 18.3 Å². The van der Waals surface area contributed by atoms with E-state index in [9.17, 15) is 9.90 Å². The summed E-state index contributed by atoms with van der Waals surface area (Å²) < 4.78 is 0. The van der Waals surface area contributed by atoms with E-state index in [1.165, 1.54) is 6.42 Å². The highest BCUT2D eigenvalue weighted by Gasteiger charge is 2.45. The normalized spacial score (nSPS) is 28.8. The smallest absolute Gasteiger partial charge is 0.326 e. The number of carbonyl (C=O) groups is 1. The molecule has 0 amide bonds. The van der Waals surface area contributed by atoms with E-state index in [1.54, 1.807) is 12.3 Å². The number of anilines is 1. The molecule has 20 heavy (non-hydrogen) atoms. The second-order valence-electron chi connectivity index (χ2n) is 5.62. The lowest BCUT2D eigenvalue weighted by Crippen LogP contribution is -2.42. The van der Waals surface area contributed by atoms with Crippen molar-refractivity contribution in [2.45, 2.75) is 44.2 Å². The maximum atomic E-state index is 11.6. The molecule has 5 heteroatoms. The molecule has 1 aromatic rings. The summed E-state index contributed by atoms with van der Waals surface area (Å²) in [5.41, 5.74) is 1.16. The van der Waals surface area contributed by atoms with E-state index in [0.717, 1.165) is 24.9 Å². The summed E-state index contributed by atoms with van der Waals surface area (Å²) in [6.45, 7) is 0. The van der Waals surface area contributed by atoms with Crippen LogP contribution in [0.5, 0.6) is 0 Å². The number of rotatable bonds is 2. The Balaban J connectivity index is 1.98. The van der Waals surface area contributed by atoms with Crippen molar-refractivity contribution in [2.24, 2.45) is 5.92 Å². The van der Waals surface area contributed by atoms with Crippen molar-refractivity contribution in [3.05, 3.63) is 24.0 Å². The van der Waals surface area contributed by atoms with Crippen LogP contribution in [0.25, 0.3) is 0 Å². The van der Waals surface area contributed by atoms with Gasteiger partial charge in [0, 0.05) is 17.9 Å². The lowest BCUT2D eigenvalue weighted by atomic mass is 9.84. The van der Waals surface area contributed by atoms with Crippen LogP contribution in [0.2, 0.25) is 0 Å². The molecule has 0 bridgehead atoms. The van der Waals surface area contributed by atoms with Gasteiger partial charge in [-0.3, -0.25) is 0 Å². The third-order valence-corrected chi connectivity index (χ3v) is 4.53. The topological polar surface area (TPSA) is 77.2 Å². The fraction of sp³-hybridized carbons (Fsp3) is 0.533. The van der Waals surface area contributed by atoms with Crippen LogP contribution in [0.1, 0.15) is 37.8 Å². The maximum absolute atomic E-state index is 11.6. The molecule has 3 rings (SSSR count). The van der Waals surface area contributed by atoms with Gasteiger partial charge in [-0.2, -0.15) is 5.26 Å². The van der Waals surface area contributed by atoms with E-state index in [1.807, 2.05) is 17.0 Å². The van der Waals surface area contributed by atoms with E-state index in [0.29, 0.717) is 24.1 Å². The number of nitriles is 1. The first-order chi connectivity index (χ1) is 9.70.